The van der Waals surface area contributed by atoms with Crippen molar-refractivity contribution in [1.29, 1.82) is 0 Å². The van der Waals surface area contributed by atoms with Crippen molar-refractivity contribution in [2.24, 2.45) is 5.92 Å². The van der Waals surface area contributed by atoms with Crippen molar-refractivity contribution in [3.8, 4) is 0 Å². The van der Waals surface area contributed by atoms with E-state index in [1.807, 2.05) is 0 Å². The predicted octanol–water partition coefficient (Wildman–Crippen LogP) is 2.75. The fourth-order valence-electron chi connectivity index (χ4n) is 2.22. The quantitative estimate of drug-likeness (QED) is 0.899. The largest absolute Gasteiger partial charge is 0.381 e. The minimum Gasteiger partial charge on any atom is -0.381 e. The summed E-state index contributed by atoms with van der Waals surface area (Å²) in [6.07, 6.45) is 6.52. The van der Waals surface area contributed by atoms with Crippen LogP contribution >= 0.6 is 11.6 Å². The second-order valence-electron chi connectivity index (χ2n) is 4.33. The van der Waals surface area contributed by atoms with E-state index in [1.165, 1.54) is 0 Å². The number of aromatic nitrogens is 2. The molecule has 0 aliphatic carbocycles. The van der Waals surface area contributed by atoms with Crippen molar-refractivity contribution in [3.05, 3.63) is 17.4 Å². The van der Waals surface area contributed by atoms with Gasteiger partial charge in [-0.3, -0.25) is 0 Å². The smallest absolute Gasteiger partial charge is 0.222 e. The molecule has 1 atom stereocenters. The summed E-state index contributed by atoms with van der Waals surface area (Å²) in [5, 5.41) is 3.95. The molecule has 0 unspecified atom stereocenters. The third-order valence-electron chi connectivity index (χ3n) is 3.21. The highest BCUT2D eigenvalue weighted by molar-refractivity contribution is 6.30. The fourth-order valence-corrected chi connectivity index (χ4v) is 2.32. The number of nitrogens with one attached hydrogen (secondary N) is 1. The Bertz CT molecular complexity index is 338. The van der Waals surface area contributed by atoms with Gasteiger partial charge in [0.25, 0.3) is 0 Å². The first kappa shape index (κ1) is 12.6. The molecule has 1 fully saturated rings. The van der Waals surface area contributed by atoms with Crippen LogP contribution in [0.3, 0.4) is 0 Å². The highest BCUT2D eigenvalue weighted by Gasteiger charge is 2.23. The second-order valence-corrected chi connectivity index (χ2v) is 4.77. The molecule has 0 saturated carbocycles. The maximum atomic E-state index is 5.76. The maximum absolute atomic E-state index is 5.76. The zero-order valence-corrected chi connectivity index (χ0v) is 10.8. The van der Waals surface area contributed by atoms with E-state index in [0.717, 1.165) is 32.5 Å². The minimum atomic E-state index is 0.417. The second kappa shape index (κ2) is 6.17. The molecular weight excluding hydrogens is 238 g/mol. The van der Waals surface area contributed by atoms with Crippen LogP contribution in [0.5, 0.6) is 0 Å². The van der Waals surface area contributed by atoms with E-state index in [4.69, 9.17) is 16.3 Å². The van der Waals surface area contributed by atoms with Gasteiger partial charge in [-0.05, 0) is 25.2 Å². The van der Waals surface area contributed by atoms with Crippen LogP contribution < -0.4 is 5.32 Å². The molecule has 1 aromatic rings. The predicted molar refractivity (Wildman–Crippen MR) is 68.3 cm³/mol. The number of nitrogens with zero attached hydrogens (tertiary/aromatic N) is 2. The first-order valence-electron chi connectivity index (χ1n) is 6.11. The molecule has 1 saturated heterocycles. The standard InChI is InChI=1S/C12H18ClN3O/c1-2-11(9-3-5-17-6-4-9)16-12-14-7-10(13)8-15-12/h7-9,11H,2-6H2,1H3,(H,14,15,16)/t11-/m1/s1. The van der Waals surface area contributed by atoms with E-state index in [0.29, 0.717) is 22.9 Å². The van der Waals surface area contributed by atoms with Crippen LogP contribution in [-0.2, 0) is 4.74 Å². The van der Waals surface area contributed by atoms with Crippen molar-refractivity contribution in [2.75, 3.05) is 18.5 Å². The van der Waals surface area contributed by atoms with Gasteiger partial charge < -0.3 is 10.1 Å². The lowest BCUT2D eigenvalue weighted by Crippen LogP contribution is -2.33. The summed E-state index contributed by atoms with van der Waals surface area (Å²) in [6.45, 7) is 3.91. The molecular formula is C12H18ClN3O. The van der Waals surface area contributed by atoms with Crippen LogP contribution in [0.4, 0.5) is 5.95 Å². The Hall–Kier alpha value is -0.870. The van der Waals surface area contributed by atoms with Gasteiger partial charge in [-0.15, -0.1) is 0 Å². The van der Waals surface area contributed by atoms with Gasteiger partial charge in [0.2, 0.25) is 5.95 Å². The Morgan fingerprint density at radius 3 is 2.65 bits per heavy atom. The first-order valence-corrected chi connectivity index (χ1v) is 6.49. The Kier molecular flexibility index (Phi) is 4.57. The Morgan fingerprint density at radius 2 is 2.06 bits per heavy atom. The van der Waals surface area contributed by atoms with Crippen LogP contribution in [0, 0.1) is 5.92 Å². The minimum absolute atomic E-state index is 0.417. The molecule has 0 radical (unpaired) electrons. The Balaban J connectivity index is 1.96. The highest BCUT2D eigenvalue weighted by atomic mass is 35.5. The summed E-state index contributed by atoms with van der Waals surface area (Å²) < 4.78 is 5.38. The molecule has 2 heterocycles. The number of anilines is 1. The van der Waals surface area contributed by atoms with Gasteiger partial charge >= 0.3 is 0 Å². The number of halogens is 1. The van der Waals surface area contributed by atoms with Crippen LogP contribution in [0.2, 0.25) is 5.02 Å². The third kappa shape index (κ3) is 3.54. The number of hydrogen-bond donors (Lipinski definition) is 1. The van der Waals surface area contributed by atoms with Gasteiger partial charge in [0, 0.05) is 19.3 Å². The van der Waals surface area contributed by atoms with Crippen LogP contribution in [0.15, 0.2) is 12.4 Å². The molecule has 1 aliphatic rings. The molecule has 0 amide bonds. The molecule has 17 heavy (non-hydrogen) atoms. The monoisotopic (exact) mass is 255 g/mol. The van der Waals surface area contributed by atoms with Gasteiger partial charge in [-0.1, -0.05) is 18.5 Å². The summed E-state index contributed by atoms with van der Waals surface area (Å²) in [4.78, 5) is 8.35. The third-order valence-corrected chi connectivity index (χ3v) is 3.40. The maximum Gasteiger partial charge on any atom is 0.222 e. The molecule has 1 N–H and O–H groups in total. The van der Waals surface area contributed by atoms with Crippen LogP contribution in [0.25, 0.3) is 0 Å². The summed E-state index contributed by atoms with van der Waals surface area (Å²) in [6, 6.07) is 0.417. The lowest BCUT2D eigenvalue weighted by Gasteiger charge is -2.30. The number of rotatable bonds is 4. The zero-order chi connectivity index (χ0) is 12.1. The van der Waals surface area contributed by atoms with E-state index in [-0.39, 0.29) is 0 Å². The molecule has 1 aliphatic heterocycles. The zero-order valence-electron chi connectivity index (χ0n) is 10.0. The lowest BCUT2D eigenvalue weighted by molar-refractivity contribution is 0.0601. The molecule has 5 heteroatoms. The molecule has 0 spiro atoms. The van der Waals surface area contributed by atoms with Crippen LogP contribution in [0.1, 0.15) is 26.2 Å². The van der Waals surface area contributed by atoms with E-state index in [2.05, 4.69) is 22.2 Å². The van der Waals surface area contributed by atoms with Gasteiger partial charge in [-0.2, -0.15) is 0 Å². The summed E-state index contributed by atoms with van der Waals surface area (Å²) in [5.74, 6) is 1.31. The summed E-state index contributed by atoms with van der Waals surface area (Å²) in [7, 11) is 0. The highest BCUT2D eigenvalue weighted by Crippen LogP contribution is 2.23. The average molecular weight is 256 g/mol. The number of ether oxygens (including phenoxy) is 1. The summed E-state index contributed by atoms with van der Waals surface area (Å²) in [5.41, 5.74) is 0. The topological polar surface area (TPSA) is 47.0 Å². The van der Waals surface area contributed by atoms with E-state index in [9.17, 15) is 0 Å². The Labute approximate surface area is 107 Å². The molecule has 0 aromatic carbocycles. The molecule has 1 aromatic heterocycles. The SMILES string of the molecule is CC[C@@H](Nc1ncc(Cl)cn1)C1CCOCC1. The van der Waals surface area contributed by atoms with E-state index in [1.54, 1.807) is 12.4 Å². The fraction of sp³-hybridized carbons (Fsp3) is 0.667. The molecule has 2 rings (SSSR count). The summed E-state index contributed by atoms with van der Waals surface area (Å²) >= 11 is 5.76. The normalized spacial score (nSPS) is 18.9. The van der Waals surface area contributed by atoms with Crippen molar-refractivity contribution in [1.82, 2.24) is 9.97 Å². The molecule has 0 bridgehead atoms. The van der Waals surface area contributed by atoms with Gasteiger partial charge in [0.05, 0.1) is 17.4 Å². The lowest BCUT2D eigenvalue weighted by atomic mass is 9.90. The average Bonchev–Trinajstić information content (AvgIpc) is 2.39. The van der Waals surface area contributed by atoms with Gasteiger partial charge in [-0.25, -0.2) is 9.97 Å². The van der Waals surface area contributed by atoms with E-state index >= 15 is 0 Å². The first-order chi connectivity index (χ1) is 8.29. The van der Waals surface area contributed by atoms with Crippen LogP contribution in [-0.4, -0.2) is 29.2 Å². The Morgan fingerprint density at radius 1 is 1.41 bits per heavy atom. The van der Waals surface area contributed by atoms with Crippen molar-refractivity contribution >= 4 is 17.5 Å². The molecule has 4 nitrogen and oxygen atoms in total. The van der Waals surface area contributed by atoms with Crippen molar-refractivity contribution in [2.45, 2.75) is 32.2 Å². The molecule has 94 valence electrons. The number of hydrogen-bond acceptors (Lipinski definition) is 4. The van der Waals surface area contributed by atoms with E-state index < -0.39 is 0 Å². The van der Waals surface area contributed by atoms with Gasteiger partial charge in [0.1, 0.15) is 0 Å². The van der Waals surface area contributed by atoms with Crippen molar-refractivity contribution in [3.63, 3.8) is 0 Å². The van der Waals surface area contributed by atoms with Crippen molar-refractivity contribution < 1.29 is 4.74 Å². The van der Waals surface area contributed by atoms with Gasteiger partial charge in [0.15, 0.2) is 0 Å².